The van der Waals surface area contributed by atoms with Gasteiger partial charge in [-0.2, -0.15) is 0 Å². The molecule has 0 N–H and O–H groups in total. The van der Waals surface area contributed by atoms with Crippen molar-refractivity contribution in [3.05, 3.63) is 25.3 Å². The molecule has 0 aliphatic heterocycles. The highest BCUT2D eigenvalue weighted by Crippen LogP contribution is 2.25. The Labute approximate surface area is 133 Å². The number of hydrogen-bond acceptors (Lipinski definition) is 4. The van der Waals surface area contributed by atoms with Crippen LogP contribution >= 0.6 is 0 Å². The Hall–Kier alpha value is -1.58. The molecule has 0 spiro atoms. The normalized spacial score (nSPS) is 20.9. The lowest BCUT2D eigenvalue weighted by Gasteiger charge is -2.30. The van der Waals surface area contributed by atoms with Crippen LogP contribution in [0.3, 0.4) is 0 Å². The summed E-state index contributed by atoms with van der Waals surface area (Å²) in [5, 5.41) is 0. The molecule has 0 amide bonds. The first kappa shape index (κ1) is 18.5. The molecule has 0 aromatic heterocycles. The summed E-state index contributed by atoms with van der Waals surface area (Å²) >= 11 is 0. The van der Waals surface area contributed by atoms with Gasteiger partial charge in [0.15, 0.2) is 0 Å². The SMILES string of the molecule is C=CCCCC(=O)O[C@@H]1CCCC[C@H]1OC(=O)CCCC=C. The van der Waals surface area contributed by atoms with Crippen molar-refractivity contribution in [2.24, 2.45) is 0 Å². The first-order chi connectivity index (χ1) is 10.7. The van der Waals surface area contributed by atoms with E-state index in [1.807, 2.05) is 0 Å². The Morgan fingerprint density at radius 3 is 1.64 bits per heavy atom. The Morgan fingerprint density at radius 1 is 0.864 bits per heavy atom. The van der Waals surface area contributed by atoms with E-state index in [4.69, 9.17) is 9.47 Å². The number of allylic oxidation sites excluding steroid dienone is 2. The summed E-state index contributed by atoms with van der Waals surface area (Å²) in [6.45, 7) is 7.27. The topological polar surface area (TPSA) is 52.6 Å². The average molecular weight is 308 g/mol. The number of carbonyl (C=O) groups excluding carboxylic acids is 2. The molecule has 124 valence electrons. The summed E-state index contributed by atoms with van der Waals surface area (Å²) in [7, 11) is 0. The van der Waals surface area contributed by atoms with Crippen molar-refractivity contribution >= 4 is 11.9 Å². The molecule has 4 nitrogen and oxygen atoms in total. The minimum atomic E-state index is -0.284. The fourth-order valence-corrected chi connectivity index (χ4v) is 2.57. The van der Waals surface area contributed by atoms with Gasteiger partial charge in [-0.3, -0.25) is 9.59 Å². The third kappa shape index (κ3) is 7.43. The summed E-state index contributed by atoms with van der Waals surface area (Å²) < 4.78 is 11.0. The molecular weight excluding hydrogens is 280 g/mol. The van der Waals surface area contributed by atoms with Crippen LogP contribution in [-0.2, 0) is 19.1 Å². The number of esters is 2. The molecule has 1 saturated carbocycles. The molecule has 0 aromatic carbocycles. The lowest BCUT2D eigenvalue weighted by atomic mass is 9.94. The number of unbranched alkanes of at least 4 members (excludes halogenated alkanes) is 2. The van der Waals surface area contributed by atoms with Crippen LogP contribution in [0.15, 0.2) is 25.3 Å². The standard InChI is InChI=1S/C18H28O4/c1-3-5-7-13-17(19)21-15-11-9-10-12-16(15)22-18(20)14-8-6-4-2/h3-4,15-16H,1-2,5-14H2/t15-,16-/m1/s1. The van der Waals surface area contributed by atoms with Gasteiger partial charge in [-0.1, -0.05) is 12.2 Å². The fourth-order valence-electron chi connectivity index (χ4n) is 2.57. The van der Waals surface area contributed by atoms with Crippen molar-refractivity contribution in [3.63, 3.8) is 0 Å². The highest BCUT2D eigenvalue weighted by molar-refractivity contribution is 5.70. The van der Waals surface area contributed by atoms with Gasteiger partial charge in [0.1, 0.15) is 12.2 Å². The Kier molecular flexibility index (Phi) is 9.28. The van der Waals surface area contributed by atoms with Crippen molar-refractivity contribution in [1.29, 1.82) is 0 Å². The quantitative estimate of drug-likeness (QED) is 0.346. The second-order valence-corrected chi connectivity index (χ2v) is 5.70. The Morgan fingerprint density at radius 2 is 1.27 bits per heavy atom. The van der Waals surface area contributed by atoms with Crippen molar-refractivity contribution in [1.82, 2.24) is 0 Å². The molecule has 1 fully saturated rings. The van der Waals surface area contributed by atoms with Gasteiger partial charge < -0.3 is 9.47 Å². The molecule has 0 radical (unpaired) electrons. The van der Waals surface area contributed by atoms with Crippen molar-refractivity contribution in [2.75, 3.05) is 0 Å². The van der Waals surface area contributed by atoms with E-state index in [0.29, 0.717) is 12.8 Å². The molecule has 22 heavy (non-hydrogen) atoms. The van der Waals surface area contributed by atoms with Gasteiger partial charge in [0.05, 0.1) is 0 Å². The van der Waals surface area contributed by atoms with Crippen LogP contribution in [-0.4, -0.2) is 24.1 Å². The highest BCUT2D eigenvalue weighted by atomic mass is 16.6. The molecule has 0 bridgehead atoms. The van der Waals surface area contributed by atoms with Gasteiger partial charge in [-0.05, 0) is 51.4 Å². The molecule has 4 heteroatoms. The molecule has 0 aromatic rings. The van der Waals surface area contributed by atoms with E-state index in [1.165, 1.54) is 0 Å². The fraction of sp³-hybridized carbons (Fsp3) is 0.667. The molecule has 0 unspecified atom stereocenters. The van der Waals surface area contributed by atoms with Crippen LogP contribution in [0.2, 0.25) is 0 Å². The van der Waals surface area contributed by atoms with E-state index in [1.54, 1.807) is 12.2 Å². The van der Waals surface area contributed by atoms with Gasteiger partial charge in [0.2, 0.25) is 0 Å². The van der Waals surface area contributed by atoms with E-state index in [9.17, 15) is 9.59 Å². The maximum absolute atomic E-state index is 11.8. The first-order valence-corrected chi connectivity index (χ1v) is 8.28. The van der Waals surface area contributed by atoms with Crippen LogP contribution in [0, 0.1) is 0 Å². The van der Waals surface area contributed by atoms with Crippen molar-refractivity contribution in [3.8, 4) is 0 Å². The molecule has 1 aliphatic carbocycles. The van der Waals surface area contributed by atoms with Gasteiger partial charge in [-0.15, -0.1) is 13.2 Å². The predicted octanol–water partition coefficient (Wildman–Crippen LogP) is 4.10. The molecule has 0 saturated heterocycles. The predicted molar refractivity (Wildman–Crippen MR) is 86.3 cm³/mol. The van der Waals surface area contributed by atoms with E-state index < -0.39 is 0 Å². The van der Waals surface area contributed by atoms with Crippen LogP contribution in [0.5, 0.6) is 0 Å². The first-order valence-electron chi connectivity index (χ1n) is 8.28. The monoisotopic (exact) mass is 308 g/mol. The summed E-state index contributed by atoms with van der Waals surface area (Å²) in [4.78, 5) is 23.6. The third-order valence-electron chi connectivity index (χ3n) is 3.79. The number of rotatable bonds is 10. The lowest BCUT2D eigenvalue weighted by Crippen LogP contribution is -2.37. The molecule has 0 heterocycles. The zero-order valence-electron chi connectivity index (χ0n) is 13.4. The second kappa shape index (κ2) is 11.0. The number of carbonyl (C=O) groups is 2. The largest absolute Gasteiger partial charge is 0.458 e. The number of ether oxygens (including phenoxy) is 2. The lowest BCUT2D eigenvalue weighted by molar-refractivity contribution is -0.171. The molecule has 1 aliphatic rings. The summed E-state index contributed by atoms with van der Waals surface area (Å²) in [5.41, 5.74) is 0. The van der Waals surface area contributed by atoms with Crippen LogP contribution in [0.25, 0.3) is 0 Å². The van der Waals surface area contributed by atoms with Gasteiger partial charge in [-0.25, -0.2) is 0 Å². The summed E-state index contributed by atoms with van der Waals surface area (Å²) in [5.74, 6) is -0.414. The van der Waals surface area contributed by atoms with Crippen LogP contribution in [0.1, 0.15) is 64.2 Å². The van der Waals surface area contributed by atoms with Crippen molar-refractivity contribution in [2.45, 2.75) is 76.4 Å². The maximum atomic E-state index is 11.8. The van der Waals surface area contributed by atoms with E-state index in [-0.39, 0.29) is 24.1 Å². The smallest absolute Gasteiger partial charge is 0.306 e. The zero-order valence-corrected chi connectivity index (χ0v) is 13.4. The van der Waals surface area contributed by atoms with E-state index in [0.717, 1.165) is 51.4 Å². The average Bonchev–Trinajstić information content (AvgIpc) is 2.50. The number of hydrogen-bond donors (Lipinski definition) is 0. The van der Waals surface area contributed by atoms with Crippen molar-refractivity contribution < 1.29 is 19.1 Å². The van der Waals surface area contributed by atoms with E-state index in [2.05, 4.69) is 13.2 Å². The Bertz CT molecular complexity index is 339. The summed E-state index contributed by atoms with van der Waals surface area (Å²) in [6.07, 6.45) is 10.5. The summed E-state index contributed by atoms with van der Waals surface area (Å²) in [6, 6.07) is 0. The molecular formula is C18H28O4. The van der Waals surface area contributed by atoms with Crippen LogP contribution in [0.4, 0.5) is 0 Å². The Balaban J connectivity index is 2.38. The third-order valence-corrected chi connectivity index (χ3v) is 3.79. The minimum Gasteiger partial charge on any atom is -0.458 e. The molecule has 2 atom stereocenters. The minimum absolute atomic E-state index is 0.207. The second-order valence-electron chi connectivity index (χ2n) is 5.70. The van der Waals surface area contributed by atoms with Crippen LogP contribution < -0.4 is 0 Å². The van der Waals surface area contributed by atoms with Gasteiger partial charge >= 0.3 is 11.9 Å². The highest BCUT2D eigenvalue weighted by Gasteiger charge is 2.31. The molecule has 1 rings (SSSR count). The van der Waals surface area contributed by atoms with Gasteiger partial charge in [0, 0.05) is 12.8 Å². The van der Waals surface area contributed by atoms with Gasteiger partial charge in [0.25, 0.3) is 0 Å². The maximum Gasteiger partial charge on any atom is 0.306 e. The van der Waals surface area contributed by atoms with E-state index >= 15 is 0 Å². The zero-order chi connectivity index (χ0) is 16.2.